The predicted octanol–water partition coefficient (Wildman–Crippen LogP) is 5.98. The van der Waals surface area contributed by atoms with Crippen molar-refractivity contribution in [2.24, 2.45) is 4.99 Å². The molecular formula is C24H38N2O3S2. The number of aliphatic carboxylic acids is 1. The van der Waals surface area contributed by atoms with Crippen molar-refractivity contribution in [3.8, 4) is 0 Å². The zero-order valence-corrected chi connectivity index (χ0v) is 21.4. The van der Waals surface area contributed by atoms with Crippen LogP contribution < -0.4 is 0 Å². The molecular weight excluding hydrogens is 428 g/mol. The van der Waals surface area contributed by atoms with Crippen LogP contribution in [0.1, 0.15) is 41.0 Å². The Labute approximate surface area is 197 Å². The van der Waals surface area contributed by atoms with Crippen LogP contribution in [0.25, 0.3) is 0 Å². The van der Waals surface area contributed by atoms with E-state index in [1.807, 2.05) is 53.0 Å². The Bertz CT molecular complexity index is 697. The molecule has 0 amide bonds. The number of thioether (sulfide) groups is 2. The van der Waals surface area contributed by atoms with Gasteiger partial charge in [-0.25, -0.2) is 0 Å². The zero-order valence-electron chi connectivity index (χ0n) is 19.8. The maximum absolute atomic E-state index is 12.4. The lowest BCUT2D eigenvalue weighted by Crippen LogP contribution is -2.43. The summed E-state index contributed by atoms with van der Waals surface area (Å²) in [7, 11) is 0. The Morgan fingerprint density at radius 2 is 1.81 bits per heavy atom. The summed E-state index contributed by atoms with van der Waals surface area (Å²) >= 11 is 2.99. The van der Waals surface area contributed by atoms with E-state index in [1.165, 1.54) is 23.5 Å². The summed E-state index contributed by atoms with van der Waals surface area (Å²) in [6, 6.07) is -0.668. The molecule has 31 heavy (non-hydrogen) atoms. The fraction of sp³-hybridized carbons (Fsp3) is 0.458. The van der Waals surface area contributed by atoms with Gasteiger partial charge < -0.3 is 5.11 Å². The summed E-state index contributed by atoms with van der Waals surface area (Å²) in [5, 5.41) is 8.74. The Morgan fingerprint density at radius 1 is 1.23 bits per heavy atom. The number of hydrogen-bond acceptors (Lipinski definition) is 6. The quantitative estimate of drug-likeness (QED) is 0.243. The summed E-state index contributed by atoms with van der Waals surface area (Å²) in [4.78, 5) is 29.9. The van der Waals surface area contributed by atoms with Crippen LogP contribution in [0.3, 0.4) is 0 Å². The molecule has 0 aromatic heterocycles. The predicted molar refractivity (Wildman–Crippen MR) is 140 cm³/mol. The lowest BCUT2D eigenvalue weighted by atomic mass is 10.1. The highest BCUT2D eigenvalue weighted by Crippen LogP contribution is 2.35. The van der Waals surface area contributed by atoms with Crippen molar-refractivity contribution in [3.63, 3.8) is 0 Å². The maximum atomic E-state index is 12.4. The Morgan fingerprint density at radius 3 is 2.19 bits per heavy atom. The summed E-state index contributed by atoms with van der Waals surface area (Å²) in [5.74, 6) is -1.48. The van der Waals surface area contributed by atoms with Gasteiger partial charge in [0.2, 0.25) is 0 Å². The lowest BCUT2D eigenvalue weighted by Gasteiger charge is -2.30. The van der Waals surface area contributed by atoms with Crippen molar-refractivity contribution < 1.29 is 14.7 Å². The minimum Gasteiger partial charge on any atom is -0.481 e. The highest BCUT2D eigenvalue weighted by molar-refractivity contribution is 8.39. The summed E-state index contributed by atoms with van der Waals surface area (Å²) in [6.07, 6.45) is 10.6. The number of allylic oxidation sites excluding steroid dienone is 5. The van der Waals surface area contributed by atoms with Gasteiger partial charge in [0.1, 0.15) is 16.8 Å². The van der Waals surface area contributed by atoms with E-state index in [4.69, 9.17) is 5.11 Å². The third-order valence-corrected chi connectivity index (χ3v) is 6.24. The van der Waals surface area contributed by atoms with Gasteiger partial charge in [0.15, 0.2) is 5.78 Å². The van der Waals surface area contributed by atoms with Gasteiger partial charge in [0.25, 0.3) is 0 Å². The maximum Gasteiger partial charge on any atom is 0.310 e. The average Bonchev–Trinajstić information content (AvgIpc) is 3.19. The largest absolute Gasteiger partial charge is 0.481 e. The van der Waals surface area contributed by atoms with Gasteiger partial charge >= 0.3 is 5.97 Å². The lowest BCUT2D eigenvalue weighted by molar-refractivity contribution is -0.140. The van der Waals surface area contributed by atoms with Crippen LogP contribution in [0.4, 0.5) is 0 Å². The first-order chi connectivity index (χ1) is 14.8. The number of carboxylic acids is 1. The number of carboxylic acid groups (broad SMARTS) is 1. The SMILES string of the molecule is C=CC.C=CC(/C=C/C)=C(\C=C)CN(CC)C1SC(SC)=NC1C(=O)CC(=O)O.CC. The monoisotopic (exact) mass is 466 g/mol. The fourth-order valence-electron chi connectivity index (χ4n) is 2.60. The van der Waals surface area contributed by atoms with Crippen LogP contribution >= 0.6 is 23.5 Å². The number of Topliss-reactive ketones (excluding diaryl/α,β-unsaturated/α-hetero) is 1. The van der Waals surface area contributed by atoms with Gasteiger partial charge in [-0.1, -0.05) is 76.1 Å². The number of aliphatic imine (C=N–C) groups is 1. The molecule has 0 radical (unpaired) electrons. The fourth-order valence-corrected chi connectivity index (χ4v) is 4.59. The molecule has 0 fully saturated rings. The number of nitrogens with zero attached hydrogens (tertiary/aromatic N) is 2. The second-order valence-corrected chi connectivity index (χ2v) is 8.11. The molecule has 2 unspecified atom stereocenters. The average molecular weight is 467 g/mol. The Hall–Kier alpha value is -1.83. The van der Waals surface area contributed by atoms with Crippen molar-refractivity contribution in [1.29, 1.82) is 0 Å². The number of rotatable bonds is 10. The molecule has 0 bridgehead atoms. The van der Waals surface area contributed by atoms with E-state index in [-0.39, 0.29) is 11.2 Å². The second kappa shape index (κ2) is 18.9. The molecule has 0 aromatic rings. The molecule has 1 rings (SSSR count). The smallest absolute Gasteiger partial charge is 0.310 e. The van der Waals surface area contributed by atoms with E-state index in [9.17, 15) is 9.59 Å². The summed E-state index contributed by atoms with van der Waals surface area (Å²) in [5.41, 5.74) is 1.98. The van der Waals surface area contributed by atoms with Crippen molar-refractivity contribution in [3.05, 3.63) is 61.3 Å². The number of likely N-dealkylation sites (N-methyl/N-ethyl adjacent to an activating group) is 1. The van der Waals surface area contributed by atoms with Gasteiger partial charge in [-0.15, -0.1) is 18.3 Å². The van der Waals surface area contributed by atoms with E-state index < -0.39 is 18.4 Å². The summed E-state index contributed by atoms with van der Waals surface area (Å²) in [6.45, 7) is 22.2. The van der Waals surface area contributed by atoms with Gasteiger partial charge in [0.05, 0.1) is 5.37 Å². The van der Waals surface area contributed by atoms with E-state index in [0.29, 0.717) is 13.1 Å². The van der Waals surface area contributed by atoms with E-state index in [2.05, 4.69) is 29.6 Å². The topological polar surface area (TPSA) is 70.0 Å². The number of ketones is 1. The molecule has 0 saturated heterocycles. The van der Waals surface area contributed by atoms with Crippen LogP contribution in [0.15, 0.2) is 66.3 Å². The van der Waals surface area contributed by atoms with Crippen molar-refractivity contribution in [2.45, 2.75) is 52.5 Å². The van der Waals surface area contributed by atoms with Crippen LogP contribution in [-0.2, 0) is 9.59 Å². The first kappa shape index (κ1) is 31.4. The van der Waals surface area contributed by atoms with Gasteiger partial charge in [-0.05, 0) is 37.8 Å². The second-order valence-electron chi connectivity index (χ2n) is 5.95. The van der Waals surface area contributed by atoms with Crippen LogP contribution in [0.5, 0.6) is 0 Å². The number of carbonyl (C=O) groups excluding carboxylic acids is 1. The highest BCUT2D eigenvalue weighted by atomic mass is 32.2. The molecule has 7 heteroatoms. The van der Waals surface area contributed by atoms with Gasteiger partial charge in [-0.3, -0.25) is 19.5 Å². The Balaban J connectivity index is 0. The molecule has 174 valence electrons. The standard InChI is InChI=1S/C19H26N2O3S2.C3H6.C2H6/c1-6-10-13(7-2)14(8-3)12-21(9-4)18-17(15(22)11-16(23)24)20-19(25-5)26-18;1-3-2;1-2/h6-8,10,17-18H,2-3,9,11-12H2,1,4-5H3,(H,23,24);3H,1H2,2H3;1-2H3/b10-6+,14-13-;;. The van der Waals surface area contributed by atoms with Crippen LogP contribution in [0, 0.1) is 0 Å². The number of hydrogen-bond donors (Lipinski definition) is 1. The molecule has 1 heterocycles. The zero-order chi connectivity index (χ0) is 24.4. The van der Waals surface area contributed by atoms with Crippen molar-refractivity contribution in [1.82, 2.24) is 4.90 Å². The molecule has 0 aromatic carbocycles. The molecule has 0 saturated carbocycles. The molecule has 5 nitrogen and oxygen atoms in total. The highest BCUT2D eigenvalue weighted by Gasteiger charge is 2.39. The molecule has 1 aliphatic heterocycles. The van der Waals surface area contributed by atoms with Gasteiger partial charge in [0, 0.05) is 6.54 Å². The molecule has 0 aliphatic carbocycles. The third kappa shape index (κ3) is 11.4. The van der Waals surface area contributed by atoms with Crippen molar-refractivity contribution >= 4 is 39.7 Å². The molecule has 0 spiro atoms. The third-order valence-electron chi connectivity index (χ3n) is 3.89. The van der Waals surface area contributed by atoms with E-state index in [0.717, 1.165) is 15.5 Å². The number of carbonyl (C=O) groups is 2. The normalized spacial score (nSPS) is 18.1. The first-order valence-corrected chi connectivity index (χ1v) is 12.4. The molecule has 1 N–H and O–H groups in total. The first-order valence-electron chi connectivity index (χ1n) is 10.3. The van der Waals surface area contributed by atoms with Crippen LogP contribution in [0.2, 0.25) is 0 Å². The molecule has 1 aliphatic rings. The van der Waals surface area contributed by atoms with E-state index in [1.54, 1.807) is 18.2 Å². The minimum atomic E-state index is -1.12. The summed E-state index contributed by atoms with van der Waals surface area (Å²) < 4.78 is 0.804. The Kier molecular flexibility index (Phi) is 19.1. The minimum absolute atomic E-state index is 0.221. The molecule has 2 atom stereocenters. The van der Waals surface area contributed by atoms with E-state index >= 15 is 0 Å². The van der Waals surface area contributed by atoms with Crippen molar-refractivity contribution in [2.75, 3.05) is 19.3 Å². The van der Waals surface area contributed by atoms with Gasteiger partial charge in [-0.2, -0.15) is 0 Å². The van der Waals surface area contributed by atoms with Crippen LogP contribution in [-0.4, -0.2) is 56.9 Å².